The van der Waals surface area contributed by atoms with Gasteiger partial charge in [-0.1, -0.05) is 24.8 Å². The maximum atomic E-state index is 13.7. The van der Waals surface area contributed by atoms with Crippen LogP contribution in [0.15, 0.2) is 65.7 Å². The molecule has 1 aromatic carbocycles. The number of carbonyl (C=O) groups excluding carboxylic acids is 1. The average Bonchev–Trinajstić information content (AvgIpc) is 3.23. The minimum atomic E-state index is -4.58. The van der Waals surface area contributed by atoms with Crippen LogP contribution in [0, 0.1) is 11.3 Å². The molecule has 2 N–H and O–H groups in total. The van der Waals surface area contributed by atoms with Crippen LogP contribution >= 0.6 is 11.3 Å². The van der Waals surface area contributed by atoms with Crippen molar-refractivity contribution >= 4 is 34.6 Å². The molecule has 5 nitrogen and oxygen atoms in total. The zero-order chi connectivity index (χ0) is 23.8. The number of allylic oxidation sites excluding steroid dienone is 7. The third-order valence-electron chi connectivity index (χ3n) is 5.13. The molecule has 166 valence electrons. The predicted molar refractivity (Wildman–Crippen MR) is 121 cm³/mol. The fraction of sp³-hybridized carbons (Fsp3) is 0.125. The van der Waals surface area contributed by atoms with Gasteiger partial charge >= 0.3 is 12.2 Å². The van der Waals surface area contributed by atoms with Crippen molar-refractivity contribution < 1.29 is 18.0 Å². The molecule has 1 atom stereocenters. The number of hydrogen-bond acceptors (Lipinski definition) is 4. The monoisotopic (exact) mass is 466 g/mol. The van der Waals surface area contributed by atoms with Crippen molar-refractivity contribution in [2.45, 2.75) is 19.1 Å². The molecule has 1 unspecified atom stereocenters. The largest absolute Gasteiger partial charge is 0.416 e. The van der Waals surface area contributed by atoms with Gasteiger partial charge in [-0.25, -0.2) is 9.78 Å². The van der Waals surface area contributed by atoms with Gasteiger partial charge in [0.2, 0.25) is 0 Å². The maximum absolute atomic E-state index is 13.7. The number of aromatic nitrogens is 1. The number of nitrogens with one attached hydrogen (secondary N) is 2. The van der Waals surface area contributed by atoms with Gasteiger partial charge in [-0.05, 0) is 54.0 Å². The molecule has 0 fully saturated rings. The number of benzene rings is 1. The lowest BCUT2D eigenvalue weighted by Crippen LogP contribution is -2.43. The maximum Gasteiger partial charge on any atom is 0.416 e. The van der Waals surface area contributed by atoms with Gasteiger partial charge in [-0.15, -0.1) is 11.3 Å². The first-order valence-electron chi connectivity index (χ1n) is 9.78. The molecule has 9 heteroatoms. The number of urea groups is 1. The lowest BCUT2D eigenvalue weighted by atomic mass is 9.92. The number of thiazole rings is 1. The summed E-state index contributed by atoms with van der Waals surface area (Å²) in [5, 5.41) is 17.1. The van der Waals surface area contributed by atoms with Crippen molar-refractivity contribution in [1.29, 1.82) is 5.26 Å². The number of nitrogens with zero attached hydrogens (tertiary/aromatic N) is 2. The van der Waals surface area contributed by atoms with E-state index >= 15 is 0 Å². The summed E-state index contributed by atoms with van der Waals surface area (Å²) in [5.74, 6) is 0. The lowest BCUT2D eigenvalue weighted by Gasteiger charge is -2.29. The number of nitriles is 1. The second-order valence-corrected chi connectivity index (χ2v) is 8.30. The van der Waals surface area contributed by atoms with Crippen LogP contribution in [0.4, 0.5) is 18.0 Å². The van der Waals surface area contributed by atoms with Crippen LogP contribution < -0.4 is 10.6 Å². The van der Waals surface area contributed by atoms with E-state index in [0.29, 0.717) is 33.1 Å². The molecule has 0 saturated carbocycles. The Bertz CT molecular complexity index is 1320. The summed E-state index contributed by atoms with van der Waals surface area (Å²) < 4.78 is 41.0. The molecule has 4 bridgehead atoms. The van der Waals surface area contributed by atoms with Gasteiger partial charge in [0.15, 0.2) is 0 Å². The Morgan fingerprint density at radius 1 is 1.21 bits per heavy atom. The fourth-order valence-corrected chi connectivity index (χ4v) is 4.52. The zero-order valence-electron chi connectivity index (χ0n) is 17.3. The number of fused-ring (bicyclic) bond motifs is 7. The summed E-state index contributed by atoms with van der Waals surface area (Å²) in [6, 6.07) is 4.31. The van der Waals surface area contributed by atoms with Crippen molar-refractivity contribution in [3.8, 4) is 6.07 Å². The van der Waals surface area contributed by atoms with E-state index in [2.05, 4.69) is 22.2 Å². The van der Waals surface area contributed by atoms with Gasteiger partial charge in [0.05, 0.1) is 28.9 Å². The van der Waals surface area contributed by atoms with Crippen LogP contribution in [0.2, 0.25) is 0 Å². The predicted octanol–water partition coefficient (Wildman–Crippen LogP) is 5.99. The molecule has 0 aliphatic carbocycles. The highest BCUT2D eigenvalue weighted by Crippen LogP contribution is 2.39. The summed E-state index contributed by atoms with van der Waals surface area (Å²) >= 11 is 1.29. The lowest BCUT2D eigenvalue weighted by molar-refractivity contribution is -0.137. The van der Waals surface area contributed by atoms with Gasteiger partial charge in [-0.3, -0.25) is 0 Å². The fourth-order valence-electron chi connectivity index (χ4n) is 3.54. The van der Waals surface area contributed by atoms with Gasteiger partial charge in [0.1, 0.15) is 5.01 Å². The molecule has 2 aliphatic rings. The van der Waals surface area contributed by atoms with Crippen LogP contribution in [0.5, 0.6) is 0 Å². The highest BCUT2D eigenvalue weighted by molar-refractivity contribution is 7.11. The van der Waals surface area contributed by atoms with E-state index < -0.39 is 23.8 Å². The number of alkyl halides is 3. The Morgan fingerprint density at radius 3 is 2.73 bits per heavy atom. The molecule has 1 aromatic heterocycles. The van der Waals surface area contributed by atoms with Gasteiger partial charge in [0.25, 0.3) is 0 Å². The second kappa shape index (κ2) is 8.56. The van der Waals surface area contributed by atoms with Crippen molar-refractivity contribution in [1.82, 2.24) is 15.6 Å². The van der Waals surface area contributed by atoms with Gasteiger partial charge < -0.3 is 10.6 Å². The van der Waals surface area contributed by atoms with Crippen LogP contribution in [0.25, 0.3) is 17.2 Å². The number of rotatable bonds is 0. The third kappa shape index (κ3) is 4.66. The molecule has 33 heavy (non-hydrogen) atoms. The number of amides is 2. The average molecular weight is 466 g/mol. The minimum Gasteiger partial charge on any atom is -0.327 e. The smallest absolute Gasteiger partial charge is 0.327 e. The zero-order valence-corrected chi connectivity index (χ0v) is 18.1. The number of carbonyl (C=O) groups is 1. The van der Waals surface area contributed by atoms with Gasteiger partial charge in [0, 0.05) is 16.7 Å². The van der Waals surface area contributed by atoms with Crippen molar-refractivity contribution in [2.24, 2.45) is 0 Å². The summed E-state index contributed by atoms with van der Waals surface area (Å²) in [6.07, 6.45) is 3.13. The second-order valence-electron chi connectivity index (χ2n) is 7.45. The number of halogens is 3. The quantitative estimate of drug-likeness (QED) is 0.500. The molecule has 0 saturated heterocycles. The van der Waals surface area contributed by atoms with Crippen LogP contribution in [-0.2, 0) is 6.18 Å². The Morgan fingerprint density at radius 2 is 2.00 bits per heavy atom. The summed E-state index contributed by atoms with van der Waals surface area (Å²) in [4.78, 5) is 16.8. The molecule has 2 aromatic rings. The summed E-state index contributed by atoms with van der Waals surface area (Å²) in [7, 11) is 0. The molecule has 3 heterocycles. The van der Waals surface area contributed by atoms with Crippen molar-refractivity contribution in [3.05, 3.63) is 93.1 Å². The van der Waals surface area contributed by atoms with E-state index in [1.165, 1.54) is 29.6 Å². The molecule has 0 radical (unpaired) electrons. The van der Waals surface area contributed by atoms with E-state index in [4.69, 9.17) is 0 Å². The Balaban J connectivity index is 1.99. The Labute approximate surface area is 192 Å². The minimum absolute atomic E-state index is 0.265. The first kappa shape index (κ1) is 22.3. The topological polar surface area (TPSA) is 77.8 Å². The normalized spacial score (nSPS) is 21.9. The van der Waals surface area contributed by atoms with Crippen LogP contribution in [0.1, 0.15) is 40.4 Å². The van der Waals surface area contributed by atoms with E-state index in [1.54, 1.807) is 30.5 Å². The number of hydrogen-bond donors (Lipinski definition) is 2. The molecular formula is C24H17F3N4OS. The molecule has 0 spiro atoms. The van der Waals surface area contributed by atoms with E-state index in [1.807, 2.05) is 6.07 Å². The first-order valence-corrected chi connectivity index (χ1v) is 10.7. The van der Waals surface area contributed by atoms with Gasteiger partial charge in [-0.2, -0.15) is 18.4 Å². The standard InChI is InChI=1S/C24H17F3N4OS/c1-13-6-7-15(11-28)4-3-5-16-8-17(10-18(9-16)24(25,26)27)21-20(14(2)29-23(32)31-21)22-30-19(13)12-33-22/h3-10,12,21H,1H2,2H3,(H2,29,31,32)/b5-3-,7-6-,15-4+. The van der Waals surface area contributed by atoms with E-state index in [9.17, 15) is 23.2 Å². The molecular weight excluding hydrogens is 449 g/mol. The van der Waals surface area contributed by atoms with Crippen LogP contribution in [-0.4, -0.2) is 11.0 Å². The first-order chi connectivity index (χ1) is 15.7. The summed E-state index contributed by atoms with van der Waals surface area (Å²) in [6.45, 7) is 5.67. The molecule has 4 rings (SSSR count). The SMILES string of the molecule is C=C1\C=C/C(C#N)=C\C=C/c2cc(cc(C(F)(F)F)c2)C2NC(=O)NC(C)=C2c2nc1cs2. The molecule has 2 aliphatic heterocycles. The highest BCUT2D eigenvalue weighted by atomic mass is 32.1. The highest BCUT2D eigenvalue weighted by Gasteiger charge is 2.34. The van der Waals surface area contributed by atoms with Crippen molar-refractivity contribution in [3.63, 3.8) is 0 Å². The third-order valence-corrected chi connectivity index (χ3v) is 6.00. The van der Waals surface area contributed by atoms with Crippen LogP contribution in [0.3, 0.4) is 0 Å². The Kier molecular flexibility index (Phi) is 5.78. The summed E-state index contributed by atoms with van der Waals surface area (Å²) in [5.41, 5.74) is 2.21. The Hall–Kier alpha value is -3.90. The van der Waals surface area contributed by atoms with E-state index in [0.717, 1.165) is 12.1 Å². The van der Waals surface area contributed by atoms with Crippen molar-refractivity contribution in [2.75, 3.05) is 0 Å². The molecule has 2 amide bonds. The van der Waals surface area contributed by atoms with E-state index in [-0.39, 0.29) is 11.1 Å².